The van der Waals surface area contributed by atoms with E-state index in [1.807, 2.05) is 6.92 Å². The summed E-state index contributed by atoms with van der Waals surface area (Å²) in [7, 11) is 0. The molecular weight excluding hydrogens is 126 g/mol. The van der Waals surface area contributed by atoms with E-state index in [1.165, 1.54) is 0 Å². The van der Waals surface area contributed by atoms with Crippen molar-refractivity contribution in [3.05, 3.63) is 0 Å². The molecule has 0 spiro atoms. The summed E-state index contributed by atoms with van der Waals surface area (Å²) in [6, 6.07) is 0. The van der Waals surface area contributed by atoms with Crippen molar-refractivity contribution in [2.75, 3.05) is 19.8 Å². The van der Waals surface area contributed by atoms with Crippen molar-refractivity contribution in [1.82, 2.24) is 0 Å². The second kappa shape index (κ2) is 16.0. The number of hydrogen-bond donors (Lipinski definition) is 1. The van der Waals surface area contributed by atoms with Crippen LogP contribution in [-0.2, 0) is 4.74 Å². The molecule has 0 aromatic heterocycles. The van der Waals surface area contributed by atoms with Gasteiger partial charge in [-0.25, -0.2) is 0 Å². The van der Waals surface area contributed by atoms with E-state index in [0.29, 0.717) is 13.2 Å². The van der Waals surface area contributed by atoms with E-state index in [9.17, 15) is 0 Å². The van der Waals surface area contributed by atoms with Crippen LogP contribution in [0.1, 0.15) is 6.92 Å². The van der Waals surface area contributed by atoms with Crippen LogP contribution in [0.15, 0.2) is 0 Å². The third kappa shape index (κ3) is 15.7. The Hall–Kier alpha value is 1.92. The molecule has 0 aliphatic carbocycles. The summed E-state index contributed by atoms with van der Waals surface area (Å²) in [6.45, 7) is 3.20. The van der Waals surface area contributed by atoms with Gasteiger partial charge in [0.05, 0.1) is 13.2 Å². The first kappa shape index (κ1) is 16.5. The molecule has 0 fully saturated rings. The van der Waals surface area contributed by atoms with Crippen LogP contribution in [0.4, 0.5) is 0 Å². The molecule has 1 N–H and O–H groups in total. The van der Waals surface area contributed by atoms with Crippen LogP contribution in [0, 0.1) is 0 Å². The van der Waals surface area contributed by atoms with Gasteiger partial charge in [0, 0.05) is 6.61 Å². The molecule has 0 bridgehead atoms. The van der Waals surface area contributed by atoms with Gasteiger partial charge in [-0.2, -0.15) is 0 Å². The second-order valence-electron chi connectivity index (χ2n) is 0.921. The van der Waals surface area contributed by atoms with E-state index in [2.05, 4.69) is 0 Å². The van der Waals surface area contributed by atoms with Gasteiger partial charge in [0.25, 0.3) is 0 Å². The molecule has 0 aromatic rings. The van der Waals surface area contributed by atoms with Crippen LogP contribution in [0.2, 0.25) is 0 Å². The van der Waals surface area contributed by atoms with Crippen molar-refractivity contribution in [3.63, 3.8) is 0 Å². The summed E-state index contributed by atoms with van der Waals surface area (Å²) >= 11 is 0. The number of hydrogen-bond acceptors (Lipinski definition) is 2. The van der Waals surface area contributed by atoms with Gasteiger partial charge in [0.2, 0.25) is 0 Å². The number of ether oxygens (including phenoxy) is 1. The van der Waals surface area contributed by atoms with E-state index in [1.54, 1.807) is 0 Å². The molecule has 0 aliphatic rings. The molecule has 0 saturated heterocycles. The zero-order valence-corrected chi connectivity index (χ0v) is 3.98. The predicted octanol–water partition coefficient (Wildman–Crippen LogP) is -1.28. The summed E-state index contributed by atoms with van der Waals surface area (Å²) < 4.78 is 4.73. The fourth-order valence-corrected chi connectivity index (χ4v) is 0.209. The minimum absolute atomic E-state index is 0. The third-order valence-corrected chi connectivity index (χ3v) is 0.440. The van der Waals surface area contributed by atoms with Gasteiger partial charge >= 0.3 is 59.1 Å². The van der Waals surface area contributed by atoms with Gasteiger partial charge in [-0.1, -0.05) is 0 Å². The van der Waals surface area contributed by atoms with Crippen LogP contribution in [0.5, 0.6) is 0 Å². The maximum absolute atomic E-state index is 8.07. The van der Waals surface area contributed by atoms with Gasteiger partial charge in [0.15, 0.2) is 0 Å². The Bertz CT molecular complexity index is 24.0. The number of aliphatic hydroxyl groups excluding tert-OH is 1. The maximum atomic E-state index is 8.07. The number of aliphatic hydroxyl groups is 1. The van der Waals surface area contributed by atoms with Crippen LogP contribution >= 0.6 is 0 Å². The Labute approximate surface area is 94.6 Å². The Morgan fingerprint density at radius 2 is 1.88 bits per heavy atom. The van der Waals surface area contributed by atoms with Crippen molar-refractivity contribution in [3.8, 4) is 0 Å². The van der Waals surface area contributed by atoms with Crippen LogP contribution in [0.3, 0.4) is 0 Å². The Morgan fingerprint density at radius 3 is 2.00 bits per heavy atom. The monoisotopic (exact) mass is 138 g/mol. The van der Waals surface area contributed by atoms with Crippen molar-refractivity contribution in [1.29, 1.82) is 0 Å². The molecule has 0 rings (SSSR count). The molecule has 0 radical (unpaired) electrons. The Balaban J connectivity index is -0.000000125. The summed E-state index contributed by atoms with van der Waals surface area (Å²) in [5.74, 6) is 0. The SMILES string of the molecule is CCOCCO.[NaH].[NaH]. The molecule has 42 valence electrons. The van der Waals surface area contributed by atoms with Crippen molar-refractivity contribution in [2.45, 2.75) is 6.92 Å². The Kier molecular flexibility index (Phi) is 32.9. The van der Waals surface area contributed by atoms with Gasteiger partial charge in [0.1, 0.15) is 0 Å². The van der Waals surface area contributed by atoms with E-state index < -0.39 is 0 Å². The van der Waals surface area contributed by atoms with Gasteiger partial charge in [-0.15, -0.1) is 0 Å². The zero-order valence-electron chi connectivity index (χ0n) is 3.98. The first-order valence-corrected chi connectivity index (χ1v) is 2.10. The van der Waals surface area contributed by atoms with E-state index in [-0.39, 0.29) is 65.7 Å². The summed E-state index contributed by atoms with van der Waals surface area (Å²) in [5, 5.41) is 8.07. The molecular formula is C4H12Na2O2. The molecule has 8 heavy (non-hydrogen) atoms. The third-order valence-electron chi connectivity index (χ3n) is 0.440. The Morgan fingerprint density at radius 1 is 1.38 bits per heavy atom. The molecule has 2 nitrogen and oxygen atoms in total. The van der Waals surface area contributed by atoms with E-state index >= 15 is 0 Å². The van der Waals surface area contributed by atoms with Crippen molar-refractivity contribution >= 4 is 59.1 Å². The topological polar surface area (TPSA) is 29.5 Å². The molecule has 4 heteroatoms. The quantitative estimate of drug-likeness (QED) is 0.389. The van der Waals surface area contributed by atoms with E-state index in [0.717, 1.165) is 0 Å². The standard InChI is InChI=1S/C4H10O2.2Na.2H/c1-2-6-4-3-5;;;;/h5H,2-4H2,1H3;;;;. The molecule has 0 amide bonds. The summed E-state index contributed by atoms with van der Waals surface area (Å²) in [4.78, 5) is 0. The van der Waals surface area contributed by atoms with Crippen LogP contribution in [0.25, 0.3) is 0 Å². The normalized spacial score (nSPS) is 6.75. The fraction of sp³-hybridized carbons (Fsp3) is 1.00. The van der Waals surface area contributed by atoms with E-state index in [4.69, 9.17) is 9.84 Å². The molecule has 0 atom stereocenters. The molecule has 0 saturated carbocycles. The summed E-state index contributed by atoms with van der Waals surface area (Å²) in [5.41, 5.74) is 0. The molecule has 0 aromatic carbocycles. The first-order chi connectivity index (χ1) is 2.91. The minimum atomic E-state index is 0. The van der Waals surface area contributed by atoms with Crippen LogP contribution < -0.4 is 0 Å². The second-order valence-corrected chi connectivity index (χ2v) is 0.921. The van der Waals surface area contributed by atoms with Crippen molar-refractivity contribution < 1.29 is 9.84 Å². The average molecular weight is 138 g/mol. The van der Waals surface area contributed by atoms with Gasteiger partial charge in [-0.05, 0) is 6.92 Å². The number of rotatable bonds is 3. The molecule has 0 aliphatic heterocycles. The van der Waals surface area contributed by atoms with Gasteiger partial charge < -0.3 is 9.84 Å². The zero-order chi connectivity index (χ0) is 4.83. The predicted molar refractivity (Wildman–Crippen MR) is 37.9 cm³/mol. The van der Waals surface area contributed by atoms with Crippen molar-refractivity contribution in [2.24, 2.45) is 0 Å². The van der Waals surface area contributed by atoms with Crippen LogP contribution in [-0.4, -0.2) is 84.0 Å². The fourth-order valence-electron chi connectivity index (χ4n) is 0.209. The molecule has 0 unspecified atom stereocenters. The molecule has 0 heterocycles. The average Bonchev–Trinajstić information content (AvgIpc) is 1.61. The summed E-state index contributed by atoms with van der Waals surface area (Å²) in [6.07, 6.45) is 0. The first-order valence-electron chi connectivity index (χ1n) is 2.10. The van der Waals surface area contributed by atoms with Gasteiger partial charge in [-0.3, -0.25) is 0 Å².